The molecule has 0 unspecified atom stereocenters. The summed E-state index contributed by atoms with van der Waals surface area (Å²) in [5.41, 5.74) is 0.0349. The molecule has 1 heterocycles. The van der Waals surface area contributed by atoms with Crippen LogP contribution in [0.1, 0.15) is 12.0 Å². The Morgan fingerprint density at radius 1 is 1.36 bits per heavy atom. The first-order chi connectivity index (χ1) is 6.61. The summed E-state index contributed by atoms with van der Waals surface area (Å²) in [4.78, 5) is 0.825. The van der Waals surface area contributed by atoms with Gasteiger partial charge in [0.2, 0.25) is 0 Å². The molecule has 0 nitrogen and oxygen atoms in total. The van der Waals surface area contributed by atoms with Crippen molar-refractivity contribution in [2.24, 2.45) is 0 Å². The van der Waals surface area contributed by atoms with E-state index in [0.717, 1.165) is 15.0 Å². The van der Waals surface area contributed by atoms with Gasteiger partial charge in [-0.2, -0.15) is 0 Å². The van der Waals surface area contributed by atoms with E-state index in [1.54, 1.807) is 6.07 Å². The van der Waals surface area contributed by atoms with E-state index in [0.29, 0.717) is 4.47 Å². The van der Waals surface area contributed by atoms with E-state index >= 15 is 0 Å². The topological polar surface area (TPSA) is 0 Å². The fourth-order valence-corrected chi connectivity index (χ4v) is 3.34. The minimum Gasteiger partial charge on any atom is -0.205 e. The van der Waals surface area contributed by atoms with Crippen LogP contribution in [0.4, 0.5) is 8.78 Å². The van der Waals surface area contributed by atoms with Crippen molar-refractivity contribution in [2.45, 2.75) is 11.3 Å². The van der Waals surface area contributed by atoms with Crippen LogP contribution in [0.15, 0.2) is 26.9 Å². The Kier molecular flexibility index (Phi) is 2.81. The minimum absolute atomic E-state index is 0.0349. The highest BCUT2D eigenvalue weighted by Crippen LogP contribution is 2.39. The van der Waals surface area contributed by atoms with E-state index in [1.807, 2.05) is 5.38 Å². The van der Waals surface area contributed by atoms with Crippen molar-refractivity contribution in [3.8, 4) is 0 Å². The Labute approximate surface area is 97.5 Å². The van der Waals surface area contributed by atoms with E-state index in [4.69, 9.17) is 0 Å². The van der Waals surface area contributed by atoms with Gasteiger partial charge in [0.1, 0.15) is 0 Å². The molecule has 0 atom stereocenters. The maximum Gasteiger partial charge on any atom is 0.264 e. The number of alkyl halides is 2. The van der Waals surface area contributed by atoms with Crippen LogP contribution in [0.25, 0.3) is 10.1 Å². The molecule has 2 aromatic rings. The van der Waals surface area contributed by atoms with E-state index < -0.39 is 6.43 Å². The first-order valence-corrected chi connectivity index (χ1v) is 5.90. The molecule has 74 valence electrons. The van der Waals surface area contributed by atoms with Gasteiger partial charge in [0.05, 0.1) is 4.70 Å². The van der Waals surface area contributed by atoms with Crippen LogP contribution in [0, 0.1) is 0 Å². The van der Waals surface area contributed by atoms with Crippen LogP contribution in [-0.4, -0.2) is 0 Å². The summed E-state index contributed by atoms with van der Waals surface area (Å²) in [5.74, 6) is 0. The first-order valence-electron chi connectivity index (χ1n) is 3.78. The SMILES string of the molecule is FC(F)c1ccc2c(S)csc2c1Br. The Morgan fingerprint density at radius 3 is 2.71 bits per heavy atom. The number of fused-ring (bicyclic) bond motifs is 1. The summed E-state index contributed by atoms with van der Waals surface area (Å²) >= 11 is 8.84. The number of rotatable bonds is 1. The van der Waals surface area contributed by atoms with E-state index in [-0.39, 0.29) is 5.56 Å². The molecule has 0 saturated carbocycles. The van der Waals surface area contributed by atoms with E-state index in [1.165, 1.54) is 17.4 Å². The zero-order valence-electron chi connectivity index (χ0n) is 6.80. The average Bonchev–Trinajstić information content (AvgIpc) is 2.49. The molecule has 1 aromatic carbocycles. The molecular formula is C9H5BrF2S2. The van der Waals surface area contributed by atoms with Gasteiger partial charge < -0.3 is 0 Å². The molecule has 5 heteroatoms. The normalized spacial score (nSPS) is 11.5. The molecule has 0 fully saturated rings. The summed E-state index contributed by atoms with van der Waals surface area (Å²) in [6, 6.07) is 3.12. The molecule has 1 aromatic heterocycles. The van der Waals surface area contributed by atoms with Crippen LogP contribution in [-0.2, 0) is 0 Å². The van der Waals surface area contributed by atoms with Gasteiger partial charge in [0.15, 0.2) is 0 Å². The lowest BCUT2D eigenvalue weighted by atomic mass is 10.2. The molecular weight excluding hydrogens is 290 g/mol. The molecule has 14 heavy (non-hydrogen) atoms. The largest absolute Gasteiger partial charge is 0.264 e. The van der Waals surface area contributed by atoms with Crippen LogP contribution in [0.2, 0.25) is 0 Å². The summed E-state index contributed by atoms with van der Waals surface area (Å²) in [7, 11) is 0. The maximum atomic E-state index is 12.5. The van der Waals surface area contributed by atoms with Crippen LogP contribution in [0.5, 0.6) is 0 Å². The fraction of sp³-hybridized carbons (Fsp3) is 0.111. The molecule has 0 radical (unpaired) electrons. The molecule has 0 aliphatic carbocycles. The molecule has 0 amide bonds. The van der Waals surface area contributed by atoms with Crippen molar-refractivity contribution in [3.05, 3.63) is 27.5 Å². The fourth-order valence-electron chi connectivity index (χ4n) is 1.23. The Balaban J connectivity index is 2.76. The average molecular weight is 295 g/mol. The van der Waals surface area contributed by atoms with Gasteiger partial charge >= 0.3 is 0 Å². The second-order valence-electron chi connectivity index (χ2n) is 2.77. The van der Waals surface area contributed by atoms with Crippen LogP contribution >= 0.6 is 39.9 Å². The summed E-state index contributed by atoms with van der Waals surface area (Å²) in [6.45, 7) is 0. The summed E-state index contributed by atoms with van der Waals surface area (Å²) < 4.78 is 26.3. The van der Waals surface area contributed by atoms with Crippen molar-refractivity contribution in [3.63, 3.8) is 0 Å². The summed E-state index contributed by atoms with van der Waals surface area (Å²) in [5, 5.41) is 2.75. The van der Waals surface area contributed by atoms with Crippen molar-refractivity contribution >= 4 is 50.0 Å². The lowest BCUT2D eigenvalue weighted by Crippen LogP contribution is -1.85. The molecule has 0 N–H and O–H groups in total. The Bertz CT molecular complexity index is 479. The van der Waals surface area contributed by atoms with E-state index in [2.05, 4.69) is 28.6 Å². The number of hydrogen-bond donors (Lipinski definition) is 1. The highest BCUT2D eigenvalue weighted by atomic mass is 79.9. The van der Waals surface area contributed by atoms with Crippen molar-refractivity contribution in [1.29, 1.82) is 0 Å². The molecule has 0 bridgehead atoms. The van der Waals surface area contributed by atoms with Crippen LogP contribution in [0.3, 0.4) is 0 Å². The third kappa shape index (κ3) is 1.57. The number of halogens is 3. The number of thiophene rings is 1. The predicted molar refractivity (Wildman–Crippen MR) is 61.7 cm³/mol. The van der Waals surface area contributed by atoms with Gasteiger partial charge in [-0.15, -0.1) is 24.0 Å². The highest BCUT2D eigenvalue weighted by Gasteiger charge is 2.15. The number of hydrogen-bond acceptors (Lipinski definition) is 2. The lowest BCUT2D eigenvalue weighted by Gasteiger charge is -2.03. The molecule has 0 saturated heterocycles. The first kappa shape index (κ1) is 10.4. The molecule has 0 spiro atoms. The minimum atomic E-state index is -2.45. The van der Waals surface area contributed by atoms with Crippen molar-refractivity contribution in [1.82, 2.24) is 0 Å². The number of thiol groups is 1. The second-order valence-corrected chi connectivity index (χ2v) is 4.92. The quantitative estimate of drug-likeness (QED) is 0.711. The standard InChI is InChI=1S/C9H5BrF2S2/c10-7-5(9(11)12)2-1-4-6(13)3-14-8(4)7/h1-3,9,13H. The van der Waals surface area contributed by atoms with Crippen molar-refractivity contribution < 1.29 is 8.78 Å². The third-order valence-corrected chi connectivity index (χ3v) is 4.60. The predicted octanol–water partition coefficient (Wildman–Crippen LogP) is 4.89. The molecule has 2 rings (SSSR count). The van der Waals surface area contributed by atoms with Crippen molar-refractivity contribution in [2.75, 3.05) is 0 Å². The number of benzene rings is 1. The third-order valence-electron chi connectivity index (χ3n) is 1.93. The van der Waals surface area contributed by atoms with Gasteiger partial charge in [-0.3, -0.25) is 0 Å². The highest BCUT2D eigenvalue weighted by molar-refractivity contribution is 9.10. The van der Waals surface area contributed by atoms with E-state index in [9.17, 15) is 8.78 Å². The van der Waals surface area contributed by atoms with Gasteiger partial charge in [-0.05, 0) is 15.9 Å². The molecule has 0 aliphatic heterocycles. The van der Waals surface area contributed by atoms with Gasteiger partial charge in [0.25, 0.3) is 6.43 Å². The van der Waals surface area contributed by atoms with Gasteiger partial charge in [-0.1, -0.05) is 12.1 Å². The zero-order valence-corrected chi connectivity index (χ0v) is 10.1. The van der Waals surface area contributed by atoms with Crippen LogP contribution < -0.4 is 0 Å². The Morgan fingerprint density at radius 2 is 2.07 bits per heavy atom. The smallest absolute Gasteiger partial charge is 0.205 e. The van der Waals surface area contributed by atoms with Gasteiger partial charge in [-0.25, -0.2) is 8.78 Å². The monoisotopic (exact) mass is 294 g/mol. The van der Waals surface area contributed by atoms with Gasteiger partial charge in [0, 0.05) is 25.7 Å². The summed E-state index contributed by atoms with van der Waals surface area (Å²) in [6.07, 6.45) is -2.45. The zero-order chi connectivity index (χ0) is 10.3. The second kappa shape index (κ2) is 3.79. The molecule has 0 aliphatic rings. The maximum absolute atomic E-state index is 12.5. The lowest BCUT2D eigenvalue weighted by molar-refractivity contribution is 0.151. The Hall–Kier alpha value is -0.130.